The fourth-order valence-corrected chi connectivity index (χ4v) is 3.06. The summed E-state index contributed by atoms with van der Waals surface area (Å²) >= 11 is 11.9. The van der Waals surface area contributed by atoms with Gasteiger partial charge in [0.15, 0.2) is 5.75 Å². The molecular weight excluding hydrogens is 309 g/mol. The van der Waals surface area contributed by atoms with E-state index < -0.39 is 0 Å². The Morgan fingerprint density at radius 1 is 1.33 bits per heavy atom. The van der Waals surface area contributed by atoms with Crippen LogP contribution < -0.4 is 5.32 Å². The van der Waals surface area contributed by atoms with E-state index in [2.05, 4.69) is 33.0 Å². The second kappa shape index (κ2) is 6.23. The highest BCUT2D eigenvalue weighted by Crippen LogP contribution is 2.45. The van der Waals surface area contributed by atoms with Gasteiger partial charge in [0.1, 0.15) is 0 Å². The lowest BCUT2D eigenvalue weighted by Crippen LogP contribution is -2.58. The molecule has 1 aromatic rings. The van der Waals surface area contributed by atoms with Crippen molar-refractivity contribution in [2.45, 2.75) is 46.3 Å². The van der Waals surface area contributed by atoms with Gasteiger partial charge < -0.3 is 15.2 Å². The number of anilines is 1. The average molecular weight is 332 g/mol. The Hall–Kier alpha value is -0.640. The maximum atomic E-state index is 9.59. The number of aromatic hydroxyl groups is 1. The van der Waals surface area contributed by atoms with Gasteiger partial charge in [-0.3, -0.25) is 0 Å². The SMILES string of the molecule is CC(C)COC1CC(Nc2cc(Cl)c(O)c(Cl)c2)C1(C)C. The van der Waals surface area contributed by atoms with E-state index in [-0.39, 0.29) is 27.3 Å². The number of rotatable bonds is 5. The van der Waals surface area contributed by atoms with Crippen molar-refractivity contribution in [2.24, 2.45) is 11.3 Å². The Bertz CT molecular complexity index is 494. The predicted molar refractivity (Wildman–Crippen MR) is 88.5 cm³/mol. The van der Waals surface area contributed by atoms with Crippen LogP contribution in [-0.2, 0) is 4.74 Å². The van der Waals surface area contributed by atoms with E-state index >= 15 is 0 Å². The molecule has 118 valence electrons. The van der Waals surface area contributed by atoms with Gasteiger partial charge in [-0.2, -0.15) is 0 Å². The second-order valence-corrected chi connectivity index (χ2v) is 7.57. The van der Waals surface area contributed by atoms with Gasteiger partial charge in [0.2, 0.25) is 0 Å². The molecule has 3 nitrogen and oxygen atoms in total. The van der Waals surface area contributed by atoms with E-state index in [1.807, 2.05) is 0 Å². The summed E-state index contributed by atoms with van der Waals surface area (Å²) in [5.41, 5.74) is 0.870. The molecule has 21 heavy (non-hydrogen) atoms. The van der Waals surface area contributed by atoms with E-state index in [0.29, 0.717) is 12.0 Å². The smallest absolute Gasteiger partial charge is 0.152 e. The minimum Gasteiger partial charge on any atom is -0.505 e. The maximum absolute atomic E-state index is 9.59. The van der Waals surface area contributed by atoms with Crippen LogP contribution in [0.4, 0.5) is 5.69 Å². The Labute approximate surface area is 136 Å². The Kier molecular flexibility index (Phi) is 4.96. The van der Waals surface area contributed by atoms with Crippen molar-refractivity contribution < 1.29 is 9.84 Å². The second-order valence-electron chi connectivity index (χ2n) is 6.76. The van der Waals surface area contributed by atoms with E-state index in [0.717, 1.165) is 18.7 Å². The van der Waals surface area contributed by atoms with E-state index in [4.69, 9.17) is 27.9 Å². The highest BCUT2D eigenvalue weighted by atomic mass is 35.5. The normalized spacial score (nSPS) is 24.0. The van der Waals surface area contributed by atoms with Crippen LogP contribution >= 0.6 is 23.2 Å². The van der Waals surface area contributed by atoms with Crippen molar-refractivity contribution in [3.8, 4) is 5.75 Å². The molecule has 0 bridgehead atoms. The highest BCUT2D eigenvalue weighted by Gasteiger charge is 2.49. The molecule has 0 aliphatic heterocycles. The lowest BCUT2D eigenvalue weighted by molar-refractivity contribution is -0.108. The van der Waals surface area contributed by atoms with Crippen LogP contribution in [0.1, 0.15) is 34.1 Å². The van der Waals surface area contributed by atoms with Gasteiger partial charge >= 0.3 is 0 Å². The van der Waals surface area contributed by atoms with E-state index in [9.17, 15) is 5.11 Å². The molecule has 0 spiro atoms. The van der Waals surface area contributed by atoms with Crippen molar-refractivity contribution >= 4 is 28.9 Å². The summed E-state index contributed by atoms with van der Waals surface area (Å²) in [6.07, 6.45) is 1.22. The number of ether oxygens (including phenoxy) is 1. The average Bonchev–Trinajstić information content (AvgIpc) is 2.38. The number of benzene rings is 1. The standard InChI is InChI=1S/C16H23Cl2NO2/c1-9(2)8-21-14-7-13(16(14,3)4)19-10-5-11(17)15(20)12(18)6-10/h5-6,9,13-14,19-20H,7-8H2,1-4H3. The zero-order valence-corrected chi connectivity index (χ0v) is 14.4. The molecule has 1 aromatic carbocycles. The van der Waals surface area contributed by atoms with Gasteiger partial charge in [-0.05, 0) is 24.5 Å². The maximum Gasteiger partial charge on any atom is 0.152 e. The molecule has 1 fully saturated rings. The summed E-state index contributed by atoms with van der Waals surface area (Å²) in [7, 11) is 0. The van der Waals surface area contributed by atoms with Crippen molar-refractivity contribution in [3.63, 3.8) is 0 Å². The first-order valence-corrected chi connectivity index (χ1v) is 8.03. The fraction of sp³-hybridized carbons (Fsp3) is 0.625. The van der Waals surface area contributed by atoms with Gasteiger partial charge in [-0.15, -0.1) is 0 Å². The van der Waals surface area contributed by atoms with Crippen molar-refractivity contribution in [1.29, 1.82) is 0 Å². The molecular formula is C16H23Cl2NO2. The third kappa shape index (κ3) is 3.58. The quantitative estimate of drug-likeness (QED) is 0.750. The van der Waals surface area contributed by atoms with Crippen molar-refractivity contribution in [1.82, 2.24) is 0 Å². The van der Waals surface area contributed by atoms with Gasteiger partial charge in [0, 0.05) is 23.8 Å². The molecule has 1 saturated carbocycles. The number of phenolic OH excluding ortho intramolecular Hbond substituents is 1. The van der Waals surface area contributed by atoms with E-state index in [1.54, 1.807) is 12.1 Å². The lowest BCUT2D eigenvalue weighted by atomic mass is 9.64. The van der Waals surface area contributed by atoms with Gasteiger partial charge in [0.05, 0.1) is 16.1 Å². The molecule has 2 N–H and O–H groups in total. The highest BCUT2D eigenvalue weighted by molar-refractivity contribution is 6.37. The topological polar surface area (TPSA) is 41.5 Å². The predicted octanol–water partition coefficient (Wildman–Crippen LogP) is 4.95. The minimum atomic E-state index is -0.0742. The van der Waals surface area contributed by atoms with Crippen molar-refractivity contribution in [3.05, 3.63) is 22.2 Å². The van der Waals surface area contributed by atoms with Gasteiger partial charge in [-0.25, -0.2) is 0 Å². The zero-order valence-electron chi connectivity index (χ0n) is 12.9. The van der Waals surface area contributed by atoms with Crippen LogP contribution in [0.3, 0.4) is 0 Å². The van der Waals surface area contributed by atoms with Crippen molar-refractivity contribution in [2.75, 3.05) is 11.9 Å². The lowest BCUT2D eigenvalue weighted by Gasteiger charge is -2.52. The summed E-state index contributed by atoms with van der Waals surface area (Å²) in [5, 5.41) is 13.5. The molecule has 2 atom stereocenters. The Balaban J connectivity index is 1.99. The first-order chi connectivity index (χ1) is 9.71. The summed E-state index contributed by atoms with van der Waals surface area (Å²) in [5.74, 6) is 0.470. The molecule has 1 aliphatic carbocycles. The molecule has 2 rings (SSSR count). The minimum absolute atomic E-state index is 0.0473. The fourth-order valence-electron chi connectivity index (χ4n) is 2.57. The number of hydrogen-bond donors (Lipinski definition) is 2. The Morgan fingerprint density at radius 3 is 2.38 bits per heavy atom. The largest absolute Gasteiger partial charge is 0.505 e. The number of hydrogen-bond acceptors (Lipinski definition) is 3. The zero-order chi connectivity index (χ0) is 15.8. The molecule has 1 aliphatic rings. The van der Waals surface area contributed by atoms with E-state index in [1.165, 1.54) is 0 Å². The van der Waals surface area contributed by atoms with Crippen LogP contribution in [0.5, 0.6) is 5.75 Å². The van der Waals surface area contributed by atoms with Crippen LogP contribution in [0.2, 0.25) is 10.0 Å². The first-order valence-electron chi connectivity index (χ1n) is 7.28. The molecule has 0 amide bonds. The summed E-state index contributed by atoms with van der Waals surface area (Å²) in [4.78, 5) is 0. The molecule has 0 saturated heterocycles. The van der Waals surface area contributed by atoms with Crippen LogP contribution in [0.15, 0.2) is 12.1 Å². The number of halogens is 2. The third-order valence-corrected chi connectivity index (χ3v) is 4.74. The van der Waals surface area contributed by atoms with Crippen LogP contribution in [0, 0.1) is 11.3 Å². The number of phenols is 1. The van der Waals surface area contributed by atoms with Gasteiger partial charge in [0.25, 0.3) is 0 Å². The molecule has 5 heteroatoms. The van der Waals surface area contributed by atoms with Gasteiger partial charge in [-0.1, -0.05) is 50.9 Å². The summed E-state index contributed by atoms with van der Waals surface area (Å²) in [6, 6.07) is 3.69. The summed E-state index contributed by atoms with van der Waals surface area (Å²) in [6.45, 7) is 9.49. The van der Waals surface area contributed by atoms with Crippen LogP contribution in [0.25, 0.3) is 0 Å². The summed E-state index contributed by atoms with van der Waals surface area (Å²) < 4.78 is 5.96. The molecule has 2 unspecified atom stereocenters. The third-order valence-electron chi connectivity index (χ3n) is 4.17. The number of nitrogens with one attached hydrogen (secondary N) is 1. The van der Waals surface area contributed by atoms with Crippen LogP contribution in [-0.4, -0.2) is 23.9 Å². The molecule has 0 radical (unpaired) electrons. The monoisotopic (exact) mass is 331 g/mol. The Morgan fingerprint density at radius 2 is 1.90 bits per heavy atom. The molecule has 0 heterocycles. The first kappa shape index (κ1) is 16.7. The molecule has 0 aromatic heterocycles.